The molecule has 0 heterocycles. The van der Waals surface area contributed by atoms with Gasteiger partial charge in [-0.05, 0) is 42.3 Å². The van der Waals surface area contributed by atoms with E-state index >= 15 is 0 Å². The van der Waals surface area contributed by atoms with Gasteiger partial charge in [0.05, 0.1) is 47.2 Å². The second-order valence-corrected chi connectivity index (χ2v) is 7.03. The number of aliphatic hydroxyl groups is 1. The fourth-order valence-corrected chi connectivity index (χ4v) is 4.06. The number of carbonyl (C=O) groups is 2. The van der Waals surface area contributed by atoms with Crippen LogP contribution in [-0.2, 0) is 9.53 Å². The number of hydrogen-bond donors (Lipinski definition) is 1. The lowest BCUT2D eigenvalue weighted by molar-refractivity contribution is -0.147. The van der Waals surface area contributed by atoms with Crippen molar-refractivity contribution in [3.63, 3.8) is 0 Å². The number of ether oxygens (including phenoxy) is 5. The molecule has 32 heavy (non-hydrogen) atoms. The number of hydrogen-bond acceptors (Lipinski definition) is 8. The summed E-state index contributed by atoms with van der Waals surface area (Å²) < 4.78 is 26.8. The van der Waals surface area contributed by atoms with Crippen LogP contribution in [0.25, 0.3) is 0 Å². The Kier molecular flexibility index (Phi) is 6.92. The van der Waals surface area contributed by atoms with Crippen LogP contribution in [0.15, 0.2) is 42.2 Å². The van der Waals surface area contributed by atoms with E-state index in [0.29, 0.717) is 46.0 Å². The Morgan fingerprint density at radius 3 is 2.09 bits per heavy atom. The molecule has 0 amide bonds. The van der Waals surface area contributed by atoms with Crippen LogP contribution in [0.5, 0.6) is 23.0 Å². The normalized spacial score (nSPS) is 18.7. The van der Waals surface area contributed by atoms with Crippen molar-refractivity contribution in [2.45, 2.75) is 12.8 Å². The number of rotatable bonds is 7. The minimum absolute atomic E-state index is 0.0667. The molecular formula is C24H26O8. The van der Waals surface area contributed by atoms with Crippen molar-refractivity contribution in [2.24, 2.45) is 5.92 Å². The lowest BCUT2D eigenvalue weighted by Gasteiger charge is -2.34. The van der Waals surface area contributed by atoms with Crippen LogP contribution >= 0.6 is 0 Å². The smallest absolute Gasteiger partial charge is 0.314 e. The third kappa shape index (κ3) is 3.84. The Hall–Kier alpha value is -3.68. The van der Waals surface area contributed by atoms with Crippen LogP contribution in [0.3, 0.4) is 0 Å². The summed E-state index contributed by atoms with van der Waals surface area (Å²) in [6.07, 6.45) is 0.678. The van der Waals surface area contributed by atoms with Gasteiger partial charge in [0.15, 0.2) is 28.8 Å². The highest BCUT2D eigenvalue weighted by molar-refractivity contribution is 6.14. The number of carbonyl (C=O) groups excluding carboxylic acids is 2. The predicted octanol–water partition coefficient (Wildman–Crippen LogP) is 3.67. The molecule has 8 nitrogen and oxygen atoms in total. The van der Waals surface area contributed by atoms with E-state index < -0.39 is 23.6 Å². The molecule has 0 spiro atoms. The number of Topliss-reactive ketones (excluding diaryl/α,β-unsaturated/α-hetero) is 1. The van der Waals surface area contributed by atoms with E-state index in [4.69, 9.17) is 23.7 Å². The third-order valence-electron chi connectivity index (χ3n) is 5.51. The Morgan fingerprint density at radius 2 is 1.53 bits per heavy atom. The van der Waals surface area contributed by atoms with E-state index in [-0.39, 0.29) is 12.2 Å². The lowest BCUT2D eigenvalue weighted by Crippen LogP contribution is -2.35. The molecule has 0 saturated heterocycles. The van der Waals surface area contributed by atoms with Gasteiger partial charge >= 0.3 is 5.97 Å². The molecule has 0 saturated carbocycles. The van der Waals surface area contributed by atoms with E-state index in [1.165, 1.54) is 28.4 Å². The van der Waals surface area contributed by atoms with Crippen LogP contribution in [0, 0.1) is 5.92 Å². The Morgan fingerprint density at radius 1 is 0.938 bits per heavy atom. The van der Waals surface area contributed by atoms with Crippen LogP contribution in [-0.4, -0.2) is 51.9 Å². The average molecular weight is 442 g/mol. The van der Waals surface area contributed by atoms with Gasteiger partial charge in [-0.1, -0.05) is 6.07 Å². The van der Waals surface area contributed by atoms with Crippen LogP contribution in [0.1, 0.15) is 34.3 Å². The van der Waals surface area contributed by atoms with E-state index in [1.807, 2.05) is 0 Å². The zero-order valence-electron chi connectivity index (χ0n) is 18.6. The maximum Gasteiger partial charge on any atom is 0.314 e. The topological polar surface area (TPSA) is 101 Å². The molecule has 1 aliphatic carbocycles. The summed E-state index contributed by atoms with van der Waals surface area (Å²) in [5.41, 5.74) is 1.44. The number of aliphatic hydroxyl groups excluding tert-OH is 1. The molecule has 0 radical (unpaired) electrons. The van der Waals surface area contributed by atoms with Crippen molar-refractivity contribution in [1.82, 2.24) is 0 Å². The number of esters is 1. The van der Waals surface area contributed by atoms with Crippen LogP contribution < -0.4 is 18.9 Å². The second kappa shape index (κ2) is 9.64. The summed E-state index contributed by atoms with van der Waals surface area (Å²) in [6.45, 7) is 1.80. The van der Waals surface area contributed by atoms with Gasteiger partial charge < -0.3 is 28.8 Å². The second-order valence-electron chi connectivity index (χ2n) is 7.03. The van der Waals surface area contributed by atoms with Crippen molar-refractivity contribution < 1.29 is 38.4 Å². The van der Waals surface area contributed by atoms with Crippen molar-refractivity contribution in [2.75, 3.05) is 35.0 Å². The average Bonchev–Trinajstić information content (AvgIpc) is 2.82. The third-order valence-corrected chi connectivity index (χ3v) is 5.51. The van der Waals surface area contributed by atoms with Gasteiger partial charge in [0.25, 0.3) is 0 Å². The van der Waals surface area contributed by atoms with Gasteiger partial charge in [0, 0.05) is 17.1 Å². The first kappa shape index (κ1) is 23.0. The first-order valence-electron chi connectivity index (χ1n) is 9.99. The summed E-state index contributed by atoms with van der Waals surface area (Å²) in [5.74, 6) is -1.11. The molecule has 2 atom stereocenters. The standard InChI is InChI=1S/C24H26O8/c1-6-32-24(27)22-16(12-25)23(26)15-11-20(31-5)19(30-4)10-14(15)21(22)13-7-8-17(28-2)18(9-13)29-3/h7-12,21-22,25H,6H2,1-5H3/b16-12+/t21-,22+/m0/s1. The molecule has 0 aromatic heterocycles. The highest BCUT2D eigenvalue weighted by Gasteiger charge is 2.45. The van der Waals surface area contributed by atoms with Gasteiger partial charge in [0.1, 0.15) is 0 Å². The quantitative estimate of drug-likeness (QED) is 0.394. The van der Waals surface area contributed by atoms with Crippen LogP contribution in [0.2, 0.25) is 0 Å². The van der Waals surface area contributed by atoms with Crippen molar-refractivity contribution >= 4 is 11.8 Å². The molecule has 0 aliphatic heterocycles. The minimum Gasteiger partial charge on any atom is -0.515 e. The van der Waals surface area contributed by atoms with Crippen molar-refractivity contribution in [3.05, 3.63) is 58.9 Å². The maximum absolute atomic E-state index is 13.3. The largest absolute Gasteiger partial charge is 0.515 e. The summed E-state index contributed by atoms with van der Waals surface area (Å²) in [4.78, 5) is 26.3. The number of ketones is 1. The van der Waals surface area contributed by atoms with E-state index in [0.717, 1.165) is 0 Å². The molecule has 0 unspecified atom stereocenters. The number of benzene rings is 2. The highest BCUT2D eigenvalue weighted by Crippen LogP contribution is 2.48. The zero-order chi connectivity index (χ0) is 23.4. The summed E-state index contributed by atoms with van der Waals surface area (Å²) >= 11 is 0. The summed E-state index contributed by atoms with van der Waals surface area (Å²) in [6, 6.07) is 8.46. The van der Waals surface area contributed by atoms with Gasteiger partial charge in [0.2, 0.25) is 0 Å². The highest BCUT2D eigenvalue weighted by atomic mass is 16.5. The molecule has 170 valence electrons. The first-order chi connectivity index (χ1) is 15.4. The number of methoxy groups -OCH3 is 4. The molecule has 0 bridgehead atoms. The van der Waals surface area contributed by atoms with E-state index in [9.17, 15) is 14.7 Å². The van der Waals surface area contributed by atoms with E-state index in [2.05, 4.69) is 0 Å². The Balaban J connectivity index is 2.34. The molecule has 3 rings (SSSR count). The molecule has 1 aliphatic rings. The SMILES string of the molecule is CCOC(=O)[C@@H]1/C(=C\O)C(=O)c2cc(OC)c(OC)cc2[C@@H]1c1ccc(OC)c(OC)c1. The molecule has 2 aromatic rings. The molecule has 8 heteroatoms. The molecular weight excluding hydrogens is 416 g/mol. The minimum atomic E-state index is -1.07. The monoisotopic (exact) mass is 442 g/mol. The van der Waals surface area contributed by atoms with Gasteiger partial charge in [-0.3, -0.25) is 9.59 Å². The summed E-state index contributed by atoms with van der Waals surface area (Å²) in [5, 5.41) is 9.96. The first-order valence-corrected chi connectivity index (χ1v) is 9.99. The van der Waals surface area contributed by atoms with Crippen molar-refractivity contribution in [3.8, 4) is 23.0 Å². The van der Waals surface area contributed by atoms with Crippen molar-refractivity contribution in [1.29, 1.82) is 0 Å². The Labute approximate surface area is 186 Å². The van der Waals surface area contributed by atoms with Gasteiger partial charge in [-0.2, -0.15) is 0 Å². The molecule has 2 aromatic carbocycles. The maximum atomic E-state index is 13.3. The molecule has 1 N–H and O–H groups in total. The van der Waals surface area contributed by atoms with E-state index in [1.54, 1.807) is 37.3 Å². The fraction of sp³-hybridized carbons (Fsp3) is 0.333. The molecule has 0 fully saturated rings. The van der Waals surface area contributed by atoms with Gasteiger partial charge in [-0.15, -0.1) is 0 Å². The zero-order valence-corrected chi connectivity index (χ0v) is 18.6. The number of fused-ring (bicyclic) bond motifs is 1. The van der Waals surface area contributed by atoms with Crippen LogP contribution in [0.4, 0.5) is 0 Å². The Bertz CT molecular complexity index is 1060. The lowest BCUT2D eigenvalue weighted by atomic mass is 9.68. The predicted molar refractivity (Wildman–Crippen MR) is 116 cm³/mol. The summed E-state index contributed by atoms with van der Waals surface area (Å²) in [7, 11) is 5.99. The van der Waals surface area contributed by atoms with Gasteiger partial charge in [-0.25, -0.2) is 0 Å². The fourth-order valence-electron chi connectivity index (χ4n) is 4.06.